The van der Waals surface area contributed by atoms with E-state index in [-0.39, 0.29) is 185 Å². The third-order valence-electron chi connectivity index (χ3n) is 0. The molecule has 0 heterocycles. The molecule has 0 amide bonds. The minimum absolute atomic E-state index is 0. The third kappa shape index (κ3) is 451. The van der Waals surface area contributed by atoms with Crippen molar-refractivity contribution in [2.75, 3.05) is 0 Å². The summed E-state index contributed by atoms with van der Waals surface area (Å²) in [5.41, 5.74) is 0. The van der Waals surface area contributed by atoms with Crippen molar-refractivity contribution in [3.63, 3.8) is 0 Å². The number of halogens is 7. The maximum atomic E-state index is 0. The van der Waals surface area contributed by atoms with Gasteiger partial charge in [0.25, 0.3) is 0 Å². The number of hydrogen-bond donors (Lipinski definition) is 0. The first-order valence-electron chi connectivity index (χ1n) is 0. The Hall–Kier alpha value is 3.70. The summed E-state index contributed by atoms with van der Waals surface area (Å²) in [6.07, 6.45) is 0. The molecule has 0 aliphatic rings. The van der Waals surface area contributed by atoms with Crippen LogP contribution >= 0.6 is 0 Å². The first kappa shape index (κ1) is 587. The summed E-state index contributed by atoms with van der Waals surface area (Å²) in [7, 11) is 0. The average Bonchev–Trinajstić information content (AvgIpc) is 0. The molecule has 0 unspecified atom stereocenters. The van der Waals surface area contributed by atoms with Crippen molar-refractivity contribution in [1.29, 1.82) is 0 Å². The Labute approximate surface area is 183 Å². The SMILES string of the molecule is [Cl-].[Cl-].[Cl-].[Cl-].[Cl-].[Cl-].[Cl-].[O-2].[O-2].[O-2].[O-2].[O-2].[O-2].[O-2].[Tc+7].[Tc+7].[Tc+7]. The first-order chi connectivity index (χ1) is 0. The van der Waals surface area contributed by atoms with Crippen LogP contribution in [0.25, 0.3) is 0 Å². The largest absolute Gasteiger partial charge is 7.00 e. The van der Waals surface area contributed by atoms with Gasteiger partial charge in [0.1, 0.15) is 0 Å². The molecule has 0 aliphatic heterocycles. The minimum Gasteiger partial charge on any atom is -2.00 e. The van der Waals surface area contributed by atoms with Gasteiger partial charge in [0.15, 0.2) is 0 Å². The summed E-state index contributed by atoms with van der Waals surface area (Å²) in [5, 5.41) is 0. The Morgan fingerprint density at radius 3 is 0.176 bits per heavy atom. The molecule has 0 radical (unpaired) electrons. The van der Waals surface area contributed by atoms with Crippen molar-refractivity contribution < 1.29 is 185 Å². The van der Waals surface area contributed by atoms with Gasteiger partial charge in [-0.15, -0.1) is 0 Å². The molecule has 0 saturated carbocycles. The second-order valence-electron chi connectivity index (χ2n) is 0. The van der Waals surface area contributed by atoms with Gasteiger partial charge in [0.05, 0.1) is 0 Å². The van der Waals surface area contributed by atoms with E-state index in [9.17, 15) is 0 Å². The van der Waals surface area contributed by atoms with Gasteiger partial charge in [-0.05, 0) is 0 Å². The van der Waals surface area contributed by atoms with Gasteiger partial charge in [-0.2, -0.15) is 0 Å². The van der Waals surface area contributed by atoms with E-state index in [4.69, 9.17) is 0 Å². The summed E-state index contributed by atoms with van der Waals surface area (Å²) in [6.45, 7) is 0. The normalized spacial score (nSPS) is 0. The molecule has 17 heteroatoms. The fourth-order valence-electron chi connectivity index (χ4n) is 0. The van der Waals surface area contributed by atoms with E-state index in [0.29, 0.717) is 0 Å². The summed E-state index contributed by atoms with van der Waals surface area (Å²) in [5.74, 6) is 0. The smallest absolute Gasteiger partial charge is 2.00 e. The molecular formula is Cl7O7Tc3. The average molecular weight is 654 g/mol. The van der Waals surface area contributed by atoms with E-state index < -0.39 is 0 Å². The molecule has 112 valence electrons. The molecular weight excluding hydrogens is 654 g/mol. The van der Waals surface area contributed by atoms with E-state index >= 15 is 0 Å². The Morgan fingerprint density at radius 2 is 0.176 bits per heavy atom. The summed E-state index contributed by atoms with van der Waals surface area (Å²) in [6, 6.07) is 0. The Balaban J connectivity index is 0. The molecule has 0 N–H and O–H groups in total. The van der Waals surface area contributed by atoms with E-state index in [1.807, 2.05) is 0 Å². The zero-order chi connectivity index (χ0) is 0. The number of rotatable bonds is 0. The van der Waals surface area contributed by atoms with Crippen LogP contribution in [0.4, 0.5) is 0 Å². The Kier molecular flexibility index (Phi) is 17400. The Bertz CT molecular complexity index is 25.4. The molecule has 0 bridgehead atoms. The van der Waals surface area contributed by atoms with Gasteiger partial charge in [-0.25, -0.2) is 0 Å². The van der Waals surface area contributed by atoms with Crippen molar-refractivity contribution in [2.45, 2.75) is 0 Å². The van der Waals surface area contributed by atoms with Crippen LogP contribution < -0.4 is 86.8 Å². The van der Waals surface area contributed by atoms with Gasteiger partial charge in [0, 0.05) is 0 Å². The van der Waals surface area contributed by atoms with Crippen LogP contribution in [0, 0.1) is 0 Å². The van der Waals surface area contributed by atoms with E-state index in [0.717, 1.165) is 0 Å². The minimum atomic E-state index is 0. The fourth-order valence-corrected chi connectivity index (χ4v) is 0. The van der Waals surface area contributed by atoms with Crippen LogP contribution in [0.1, 0.15) is 0 Å². The van der Waals surface area contributed by atoms with Crippen molar-refractivity contribution in [3.8, 4) is 0 Å². The molecule has 0 aliphatic carbocycles. The molecule has 0 atom stereocenters. The van der Waals surface area contributed by atoms with Gasteiger partial charge in [-0.1, -0.05) is 0 Å². The van der Waals surface area contributed by atoms with E-state index in [1.54, 1.807) is 0 Å². The standard InChI is InChI=1S/7ClH.7O.3Tc/h7*1H;;;;;;;;;;/q;;;;;;;7*-2;3*+7/p-7. The van der Waals surface area contributed by atoms with Crippen LogP contribution in [0.3, 0.4) is 0 Å². The van der Waals surface area contributed by atoms with Gasteiger partial charge in [0.2, 0.25) is 0 Å². The van der Waals surface area contributed by atoms with Crippen LogP contribution in [0.2, 0.25) is 0 Å². The molecule has 17 heavy (non-hydrogen) atoms. The van der Waals surface area contributed by atoms with Crippen LogP contribution in [0.15, 0.2) is 0 Å². The zero-order valence-corrected chi connectivity index (χ0v) is 17.5. The van der Waals surface area contributed by atoms with Crippen molar-refractivity contribution in [1.82, 2.24) is 0 Å². The maximum absolute atomic E-state index is 0. The first-order valence-corrected chi connectivity index (χ1v) is 0. The van der Waals surface area contributed by atoms with Crippen LogP contribution in [-0.2, 0) is 98.6 Å². The van der Waals surface area contributed by atoms with E-state index in [1.165, 1.54) is 0 Å². The fraction of sp³-hybridized carbons (Fsp3) is 0. The van der Waals surface area contributed by atoms with Gasteiger partial charge in [-0.3, -0.25) is 0 Å². The van der Waals surface area contributed by atoms with Crippen molar-refractivity contribution in [2.24, 2.45) is 0 Å². The van der Waals surface area contributed by atoms with E-state index in [2.05, 4.69) is 0 Å². The molecule has 0 aromatic heterocycles. The summed E-state index contributed by atoms with van der Waals surface area (Å²) in [4.78, 5) is 0. The Morgan fingerprint density at radius 1 is 0.176 bits per heavy atom. The molecule has 7 nitrogen and oxygen atoms in total. The molecule has 0 aromatic rings. The third-order valence-corrected chi connectivity index (χ3v) is 0. The van der Waals surface area contributed by atoms with Crippen molar-refractivity contribution >= 4 is 0 Å². The molecule has 0 rings (SSSR count). The van der Waals surface area contributed by atoms with Crippen molar-refractivity contribution in [3.05, 3.63) is 0 Å². The predicted molar refractivity (Wildman–Crippen MR) is 4.81 cm³/mol. The summed E-state index contributed by atoms with van der Waals surface area (Å²) < 4.78 is 0. The quantitative estimate of drug-likeness (QED) is 0.239. The summed E-state index contributed by atoms with van der Waals surface area (Å²) >= 11 is 0. The maximum Gasteiger partial charge on any atom is 7.00 e. The monoisotopic (exact) mass is 647 g/mol. The number of hydrogen-bond acceptors (Lipinski definition) is 0. The molecule has 0 fully saturated rings. The zero-order valence-electron chi connectivity index (χ0n) is 6.64. The second-order valence-corrected chi connectivity index (χ2v) is 0. The molecule has 0 saturated heterocycles. The topological polar surface area (TPSA) is 200 Å². The molecule has 0 spiro atoms. The van der Waals surface area contributed by atoms with Gasteiger partial charge >= 0.3 is 60.3 Å². The van der Waals surface area contributed by atoms with Crippen LogP contribution in [0.5, 0.6) is 0 Å². The molecule has 0 aromatic carbocycles. The second kappa shape index (κ2) is 504. The predicted octanol–water partition coefficient (Wildman–Crippen LogP) is -21.8. The van der Waals surface area contributed by atoms with Crippen LogP contribution in [-0.4, -0.2) is 0 Å². The van der Waals surface area contributed by atoms with Gasteiger partial charge < -0.3 is 125 Å².